The zero-order valence-corrected chi connectivity index (χ0v) is 8.36. The number of nitrogens with zero attached hydrogens (tertiary/aromatic N) is 3. The fraction of sp³-hybridized carbons (Fsp3) is 0.556. The van der Waals surface area contributed by atoms with Crippen molar-refractivity contribution >= 4 is 5.95 Å². The first kappa shape index (κ1) is 9.92. The van der Waals surface area contributed by atoms with E-state index in [9.17, 15) is 0 Å². The van der Waals surface area contributed by atoms with Gasteiger partial charge < -0.3 is 10.6 Å². The molecule has 4 nitrogen and oxygen atoms in total. The number of rotatable bonds is 3. The van der Waals surface area contributed by atoms with Crippen LogP contribution in [0.25, 0.3) is 0 Å². The van der Waals surface area contributed by atoms with Crippen molar-refractivity contribution in [3.05, 3.63) is 18.0 Å². The molecule has 0 fully saturated rings. The zero-order chi connectivity index (χ0) is 9.84. The molecule has 0 radical (unpaired) electrons. The van der Waals surface area contributed by atoms with E-state index in [1.54, 1.807) is 12.4 Å². The Morgan fingerprint density at radius 1 is 1.38 bits per heavy atom. The first-order valence-corrected chi connectivity index (χ1v) is 4.39. The maximum Gasteiger partial charge on any atom is 0.225 e. The topological polar surface area (TPSA) is 55.0 Å². The molecule has 2 N–H and O–H groups in total. The van der Waals surface area contributed by atoms with Crippen molar-refractivity contribution < 1.29 is 0 Å². The summed E-state index contributed by atoms with van der Waals surface area (Å²) in [5, 5.41) is 0. The minimum absolute atomic E-state index is 0.406. The lowest BCUT2D eigenvalue weighted by Crippen LogP contribution is -2.27. The third kappa shape index (κ3) is 2.39. The van der Waals surface area contributed by atoms with Gasteiger partial charge in [-0.2, -0.15) is 0 Å². The molecule has 0 bridgehead atoms. The second-order valence-electron chi connectivity index (χ2n) is 3.30. The fourth-order valence-corrected chi connectivity index (χ4v) is 0.866. The molecule has 4 heteroatoms. The van der Waals surface area contributed by atoms with Crippen LogP contribution in [0.5, 0.6) is 0 Å². The van der Waals surface area contributed by atoms with Gasteiger partial charge >= 0.3 is 0 Å². The molecule has 0 spiro atoms. The summed E-state index contributed by atoms with van der Waals surface area (Å²) < 4.78 is 0. The molecule has 0 aromatic carbocycles. The molecule has 1 heterocycles. The van der Waals surface area contributed by atoms with Crippen molar-refractivity contribution in [2.24, 2.45) is 5.73 Å². The minimum Gasteiger partial charge on any atom is -0.341 e. The molecule has 0 amide bonds. The quantitative estimate of drug-likeness (QED) is 0.746. The van der Waals surface area contributed by atoms with Gasteiger partial charge in [0.05, 0.1) is 0 Å². The second kappa shape index (κ2) is 4.18. The maximum atomic E-state index is 5.44. The van der Waals surface area contributed by atoms with Gasteiger partial charge in [-0.3, -0.25) is 0 Å². The minimum atomic E-state index is 0.406. The highest BCUT2D eigenvalue weighted by Gasteiger charge is 2.06. The summed E-state index contributed by atoms with van der Waals surface area (Å²) >= 11 is 0. The molecule has 1 aromatic rings. The van der Waals surface area contributed by atoms with Crippen LogP contribution in [0.1, 0.15) is 19.4 Å². The van der Waals surface area contributed by atoms with E-state index in [0.717, 1.165) is 11.5 Å². The van der Waals surface area contributed by atoms with E-state index in [-0.39, 0.29) is 0 Å². The molecule has 0 aliphatic carbocycles. The summed E-state index contributed by atoms with van der Waals surface area (Å²) in [6.07, 6.45) is 3.53. The monoisotopic (exact) mass is 180 g/mol. The summed E-state index contributed by atoms with van der Waals surface area (Å²) in [5.74, 6) is 0.743. The zero-order valence-electron chi connectivity index (χ0n) is 8.36. The number of hydrogen-bond acceptors (Lipinski definition) is 4. The molecule has 13 heavy (non-hydrogen) atoms. The van der Waals surface area contributed by atoms with Gasteiger partial charge in [0.25, 0.3) is 0 Å². The highest BCUT2D eigenvalue weighted by molar-refractivity contribution is 5.29. The second-order valence-corrected chi connectivity index (χ2v) is 3.30. The van der Waals surface area contributed by atoms with Gasteiger partial charge in [0.2, 0.25) is 5.95 Å². The number of nitrogens with two attached hydrogens (primary N) is 1. The Balaban J connectivity index is 2.79. The predicted molar refractivity (Wildman–Crippen MR) is 53.5 cm³/mol. The standard InChI is InChI=1S/C9H16N4/c1-7(2)13(3)9-11-5-8(4-10)6-12-9/h5-7H,4,10H2,1-3H3. The Bertz CT molecular complexity index is 255. The normalized spacial score (nSPS) is 10.5. The van der Waals surface area contributed by atoms with Gasteiger partial charge in [-0.15, -0.1) is 0 Å². The van der Waals surface area contributed by atoms with Crippen LogP contribution < -0.4 is 10.6 Å². The highest BCUT2D eigenvalue weighted by atomic mass is 15.2. The largest absolute Gasteiger partial charge is 0.341 e. The van der Waals surface area contributed by atoms with Crippen molar-refractivity contribution in [1.29, 1.82) is 0 Å². The molecular weight excluding hydrogens is 164 g/mol. The lowest BCUT2D eigenvalue weighted by molar-refractivity contribution is 0.727. The van der Waals surface area contributed by atoms with E-state index in [0.29, 0.717) is 12.6 Å². The molecule has 0 aliphatic heterocycles. The van der Waals surface area contributed by atoms with E-state index in [2.05, 4.69) is 23.8 Å². The van der Waals surface area contributed by atoms with E-state index in [1.807, 2.05) is 11.9 Å². The summed E-state index contributed by atoms with van der Waals surface area (Å²) in [4.78, 5) is 10.4. The van der Waals surface area contributed by atoms with Crippen molar-refractivity contribution in [3.8, 4) is 0 Å². The van der Waals surface area contributed by atoms with Crippen molar-refractivity contribution in [1.82, 2.24) is 9.97 Å². The maximum absolute atomic E-state index is 5.44. The lowest BCUT2D eigenvalue weighted by Gasteiger charge is -2.20. The van der Waals surface area contributed by atoms with Crippen LogP contribution in [0, 0.1) is 0 Å². The van der Waals surface area contributed by atoms with Crippen LogP contribution in [0.15, 0.2) is 12.4 Å². The Morgan fingerprint density at radius 2 is 1.92 bits per heavy atom. The van der Waals surface area contributed by atoms with Gasteiger partial charge in [0.1, 0.15) is 0 Å². The van der Waals surface area contributed by atoms with E-state index < -0.39 is 0 Å². The molecule has 0 aliphatic rings. The Morgan fingerprint density at radius 3 is 2.31 bits per heavy atom. The smallest absolute Gasteiger partial charge is 0.225 e. The van der Waals surface area contributed by atoms with Gasteiger partial charge in [-0.05, 0) is 13.8 Å². The van der Waals surface area contributed by atoms with E-state index in [1.165, 1.54) is 0 Å². The molecule has 0 unspecified atom stereocenters. The van der Waals surface area contributed by atoms with Crippen LogP contribution >= 0.6 is 0 Å². The number of aromatic nitrogens is 2. The van der Waals surface area contributed by atoms with Crippen LogP contribution in [0.4, 0.5) is 5.95 Å². The first-order chi connectivity index (χ1) is 6.15. The average molecular weight is 180 g/mol. The van der Waals surface area contributed by atoms with Crippen molar-refractivity contribution in [3.63, 3.8) is 0 Å². The summed E-state index contributed by atoms with van der Waals surface area (Å²) in [7, 11) is 1.97. The average Bonchev–Trinajstić information content (AvgIpc) is 2.17. The molecule has 0 atom stereocenters. The molecule has 0 saturated carbocycles. The first-order valence-electron chi connectivity index (χ1n) is 4.39. The fourth-order valence-electron chi connectivity index (χ4n) is 0.866. The van der Waals surface area contributed by atoms with Crippen LogP contribution in [0.3, 0.4) is 0 Å². The molecule has 1 aromatic heterocycles. The summed E-state index contributed by atoms with van der Waals surface area (Å²) in [6.45, 7) is 4.69. The van der Waals surface area contributed by atoms with Gasteiger partial charge in [-0.1, -0.05) is 0 Å². The predicted octanol–water partition coefficient (Wildman–Crippen LogP) is 0.780. The van der Waals surface area contributed by atoms with Crippen LogP contribution in [-0.4, -0.2) is 23.1 Å². The Labute approximate surface area is 78.8 Å². The highest BCUT2D eigenvalue weighted by Crippen LogP contribution is 2.07. The SMILES string of the molecule is CC(C)N(C)c1ncc(CN)cn1. The van der Waals surface area contributed by atoms with Gasteiger partial charge in [0.15, 0.2) is 0 Å². The third-order valence-electron chi connectivity index (χ3n) is 2.02. The summed E-state index contributed by atoms with van der Waals surface area (Å²) in [6, 6.07) is 0.406. The van der Waals surface area contributed by atoms with Gasteiger partial charge in [-0.25, -0.2) is 9.97 Å². The number of hydrogen-bond donors (Lipinski definition) is 1. The molecular formula is C9H16N4. The Hall–Kier alpha value is -1.16. The van der Waals surface area contributed by atoms with Crippen LogP contribution in [0.2, 0.25) is 0 Å². The molecule has 0 saturated heterocycles. The third-order valence-corrected chi connectivity index (χ3v) is 2.02. The van der Waals surface area contributed by atoms with Crippen LogP contribution in [-0.2, 0) is 6.54 Å². The molecule has 72 valence electrons. The molecule has 1 rings (SSSR count). The Kier molecular flexibility index (Phi) is 3.19. The lowest BCUT2D eigenvalue weighted by atomic mass is 10.3. The van der Waals surface area contributed by atoms with Crippen molar-refractivity contribution in [2.45, 2.75) is 26.4 Å². The van der Waals surface area contributed by atoms with E-state index >= 15 is 0 Å². The van der Waals surface area contributed by atoms with Crippen molar-refractivity contribution in [2.75, 3.05) is 11.9 Å². The summed E-state index contributed by atoms with van der Waals surface area (Å²) in [5.41, 5.74) is 6.40. The van der Waals surface area contributed by atoms with E-state index in [4.69, 9.17) is 5.73 Å². The van der Waals surface area contributed by atoms with Gasteiger partial charge in [0, 0.05) is 37.6 Å². The number of anilines is 1.